The van der Waals surface area contributed by atoms with Crippen molar-refractivity contribution in [3.63, 3.8) is 0 Å². The average molecular weight is 348 g/mol. The molecule has 1 aromatic heterocycles. The molecule has 0 fully saturated rings. The molecule has 0 spiro atoms. The van der Waals surface area contributed by atoms with E-state index in [0.717, 1.165) is 4.47 Å². The van der Waals surface area contributed by atoms with Gasteiger partial charge in [0.25, 0.3) is 0 Å². The Morgan fingerprint density at radius 3 is 2.18 bits per heavy atom. The lowest BCUT2D eigenvalue weighted by Gasteiger charge is -2.08. The lowest BCUT2D eigenvalue weighted by molar-refractivity contribution is 1.17. The average Bonchev–Trinajstić information content (AvgIpc) is 2.81. The van der Waals surface area contributed by atoms with Crippen LogP contribution in [0.4, 0.5) is 0 Å². The molecule has 0 N–H and O–H groups in total. The van der Waals surface area contributed by atoms with Crippen molar-refractivity contribution in [3.8, 4) is 5.69 Å². The molecule has 4 rings (SSSR count). The minimum Gasteiger partial charge on any atom is -0.309 e. The first kappa shape index (κ1) is 13.7. The van der Waals surface area contributed by atoms with Gasteiger partial charge in [-0.05, 0) is 43.3 Å². The maximum atomic E-state index is 3.60. The molecule has 0 atom stereocenters. The lowest BCUT2D eigenvalue weighted by atomic mass is 9.94. The molecule has 106 valence electrons. The number of halogens is 1. The van der Waals surface area contributed by atoms with Crippen LogP contribution in [0, 0.1) is 6.92 Å². The van der Waals surface area contributed by atoms with Crippen molar-refractivity contribution < 1.29 is 0 Å². The van der Waals surface area contributed by atoms with E-state index in [4.69, 9.17) is 0 Å². The van der Waals surface area contributed by atoms with Gasteiger partial charge in [0.05, 0.1) is 11.0 Å². The topological polar surface area (TPSA) is 4.93 Å². The van der Waals surface area contributed by atoms with Crippen molar-refractivity contribution >= 4 is 51.0 Å². The van der Waals surface area contributed by atoms with Crippen LogP contribution in [0.15, 0.2) is 65.1 Å². The summed E-state index contributed by atoms with van der Waals surface area (Å²) in [5.41, 5.74) is 6.27. The van der Waals surface area contributed by atoms with E-state index in [9.17, 15) is 0 Å². The molecular formula is C19H15BBrN. The molecule has 0 amide bonds. The Hall–Kier alpha value is -2.00. The summed E-state index contributed by atoms with van der Waals surface area (Å²) in [6, 6.07) is 21.9. The van der Waals surface area contributed by atoms with Crippen LogP contribution in [-0.4, -0.2) is 12.4 Å². The van der Waals surface area contributed by atoms with Crippen molar-refractivity contribution in [2.45, 2.75) is 6.92 Å². The van der Waals surface area contributed by atoms with Crippen LogP contribution in [-0.2, 0) is 0 Å². The predicted octanol–water partition coefficient (Wildman–Crippen LogP) is 4.11. The van der Waals surface area contributed by atoms with Gasteiger partial charge >= 0.3 is 0 Å². The fourth-order valence-electron chi connectivity index (χ4n) is 3.08. The van der Waals surface area contributed by atoms with E-state index < -0.39 is 0 Å². The van der Waals surface area contributed by atoms with Gasteiger partial charge in [-0.25, -0.2) is 0 Å². The second-order valence-electron chi connectivity index (χ2n) is 5.85. The summed E-state index contributed by atoms with van der Waals surface area (Å²) >= 11 is 3.60. The zero-order chi connectivity index (χ0) is 15.3. The largest absolute Gasteiger partial charge is 0.309 e. The van der Waals surface area contributed by atoms with Gasteiger partial charge in [0.2, 0.25) is 0 Å². The minimum absolute atomic E-state index is 1.12. The van der Waals surface area contributed by atoms with Crippen molar-refractivity contribution in [3.05, 3.63) is 70.7 Å². The van der Waals surface area contributed by atoms with E-state index in [2.05, 4.69) is 95.9 Å². The van der Waals surface area contributed by atoms with E-state index >= 15 is 0 Å². The first-order valence-electron chi connectivity index (χ1n) is 7.41. The van der Waals surface area contributed by atoms with E-state index in [0.29, 0.717) is 0 Å². The molecule has 1 heterocycles. The van der Waals surface area contributed by atoms with Crippen molar-refractivity contribution in [2.75, 3.05) is 0 Å². The van der Waals surface area contributed by atoms with Crippen molar-refractivity contribution in [1.29, 1.82) is 0 Å². The number of nitrogens with zero attached hydrogens (tertiary/aromatic N) is 1. The quantitative estimate of drug-likeness (QED) is 0.456. The van der Waals surface area contributed by atoms with Gasteiger partial charge in [0.1, 0.15) is 7.85 Å². The molecule has 0 saturated heterocycles. The van der Waals surface area contributed by atoms with Gasteiger partial charge in [-0.1, -0.05) is 51.2 Å². The van der Waals surface area contributed by atoms with Crippen LogP contribution in [0.5, 0.6) is 0 Å². The number of fused-ring (bicyclic) bond motifs is 3. The number of hydrogen-bond donors (Lipinski definition) is 0. The summed E-state index contributed by atoms with van der Waals surface area (Å²) in [6.45, 7) is 2.12. The first-order chi connectivity index (χ1) is 10.6. The first-order valence-corrected chi connectivity index (χ1v) is 8.20. The molecule has 22 heavy (non-hydrogen) atoms. The Morgan fingerprint density at radius 2 is 1.45 bits per heavy atom. The summed E-state index contributed by atoms with van der Waals surface area (Å²) in [4.78, 5) is 0. The summed E-state index contributed by atoms with van der Waals surface area (Å²) in [5.74, 6) is 0. The van der Waals surface area contributed by atoms with Gasteiger partial charge in [-0.3, -0.25) is 0 Å². The molecule has 0 unspecified atom stereocenters. The molecule has 0 bridgehead atoms. The monoisotopic (exact) mass is 347 g/mol. The van der Waals surface area contributed by atoms with Gasteiger partial charge in [-0.15, -0.1) is 0 Å². The van der Waals surface area contributed by atoms with Crippen LogP contribution >= 0.6 is 15.9 Å². The third-order valence-electron chi connectivity index (χ3n) is 4.17. The third-order valence-corrected chi connectivity index (χ3v) is 4.67. The number of aromatic nitrogens is 1. The van der Waals surface area contributed by atoms with Crippen LogP contribution in [0.2, 0.25) is 0 Å². The zero-order valence-electron chi connectivity index (χ0n) is 12.6. The molecule has 0 radical (unpaired) electrons. The minimum atomic E-state index is 1.12. The van der Waals surface area contributed by atoms with Crippen molar-refractivity contribution in [2.24, 2.45) is 0 Å². The Bertz CT molecular complexity index is 940. The normalized spacial score (nSPS) is 11.4. The second-order valence-corrected chi connectivity index (χ2v) is 6.77. The highest BCUT2D eigenvalue weighted by Gasteiger charge is 2.12. The highest BCUT2D eigenvalue weighted by molar-refractivity contribution is 9.10. The van der Waals surface area contributed by atoms with Gasteiger partial charge in [0.15, 0.2) is 0 Å². The second kappa shape index (κ2) is 5.03. The van der Waals surface area contributed by atoms with Gasteiger partial charge in [0, 0.05) is 20.9 Å². The van der Waals surface area contributed by atoms with Crippen LogP contribution < -0.4 is 5.46 Å². The molecular weight excluding hydrogens is 333 g/mol. The zero-order valence-corrected chi connectivity index (χ0v) is 14.2. The standard InChI is InChI=1S/C19H15BBrN/c1-12-2-6-15(7-3-12)22-18-8-4-13(20)10-16(18)17-11-14(21)5-9-19(17)22/h2-11H,20H2,1H3. The van der Waals surface area contributed by atoms with Crippen LogP contribution in [0.1, 0.15) is 5.56 Å². The third kappa shape index (κ3) is 2.08. The summed E-state index contributed by atoms with van der Waals surface area (Å²) in [7, 11) is 2.15. The Balaban J connectivity index is 2.17. The van der Waals surface area contributed by atoms with E-state index in [1.165, 1.54) is 38.5 Å². The molecule has 1 nitrogen and oxygen atoms in total. The molecule has 0 aliphatic heterocycles. The fraction of sp³-hybridized carbons (Fsp3) is 0.0526. The van der Waals surface area contributed by atoms with Gasteiger partial charge in [-0.2, -0.15) is 0 Å². The summed E-state index contributed by atoms with van der Waals surface area (Å²) in [5, 5.41) is 2.59. The molecule has 3 aromatic carbocycles. The van der Waals surface area contributed by atoms with E-state index in [1.54, 1.807) is 0 Å². The lowest BCUT2D eigenvalue weighted by Crippen LogP contribution is -2.00. The molecule has 0 aliphatic carbocycles. The molecule has 0 aliphatic rings. The molecule has 4 aromatic rings. The smallest absolute Gasteiger partial charge is 0.139 e. The fourth-order valence-corrected chi connectivity index (χ4v) is 3.44. The molecule has 3 heteroatoms. The Kier molecular flexibility index (Phi) is 3.12. The highest BCUT2D eigenvalue weighted by atomic mass is 79.9. The summed E-state index contributed by atoms with van der Waals surface area (Å²) < 4.78 is 3.46. The number of aryl methyl sites for hydroxylation is 1. The summed E-state index contributed by atoms with van der Waals surface area (Å²) in [6.07, 6.45) is 0. The highest BCUT2D eigenvalue weighted by Crippen LogP contribution is 2.33. The SMILES string of the molecule is Bc1ccc2c(c1)c1cc(Br)ccc1n2-c1ccc(C)cc1. The molecule has 0 saturated carbocycles. The maximum Gasteiger partial charge on any atom is 0.139 e. The van der Waals surface area contributed by atoms with Crippen molar-refractivity contribution in [1.82, 2.24) is 4.57 Å². The number of rotatable bonds is 1. The van der Waals surface area contributed by atoms with Crippen LogP contribution in [0.3, 0.4) is 0 Å². The number of hydrogen-bond acceptors (Lipinski definition) is 0. The Labute approximate surface area is 139 Å². The van der Waals surface area contributed by atoms with E-state index in [1.807, 2.05) is 0 Å². The Morgan fingerprint density at radius 1 is 0.818 bits per heavy atom. The van der Waals surface area contributed by atoms with Gasteiger partial charge < -0.3 is 4.57 Å². The predicted molar refractivity (Wildman–Crippen MR) is 101 cm³/mol. The maximum absolute atomic E-state index is 3.60. The van der Waals surface area contributed by atoms with Crippen LogP contribution in [0.25, 0.3) is 27.5 Å². The number of benzene rings is 3. The van der Waals surface area contributed by atoms with E-state index in [-0.39, 0.29) is 0 Å².